The minimum absolute atomic E-state index is 0.0584. The fourth-order valence-corrected chi connectivity index (χ4v) is 4.37. The Hall–Kier alpha value is -0.860. The van der Waals surface area contributed by atoms with E-state index in [0.717, 1.165) is 19.3 Å². The first kappa shape index (κ1) is 16.5. The Balaban J connectivity index is 2.30. The zero-order valence-electron chi connectivity index (χ0n) is 13.8. The van der Waals surface area contributed by atoms with E-state index in [1.165, 1.54) is 24.0 Å². The predicted molar refractivity (Wildman–Crippen MR) is 89.3 cm³/mol. The Labute approximate surface area is 129 Å². The van der Waals surface area contributed by atoms with Gasteiger partial charge in [0.15, 0.2) is 0 Å². The number of benzene rings is 1. The summed E-state index contributed by atoms with van der Waals surface area (Å²) in [7, 11) is 0. The summed E-state index contributed by atoms with van der Waals surface area (Å²) in [5, 5.41) is 11.2. The first-order chi connectivity index (χ1) is 10.00. The summed E-state index contributed by atoms with van der Waals surface area (Å²) in [5.74, 6) is 0.677. The van der Waals surface area contributed by atoms with Crippen LogP contribution in [0, 0.1) is 18.3 Å². The molecule has 2 nitrogen and oxygen atoms in total. The number of hydrogen-bond donors (Lipinski definition) is 2. The van der Waals surface area contributed by atoms with E-state index in [0.29, 0.717) is 12.5 Å². The maximum Gasteiger partial charge on any atom is 0.0677 e. The number of hydrogen-bond acceptors (Lipinski definition) is 2. The number of aryl methyl sites for hydroxylation is 1. The smallest absolute Gasteiger partial charge is 0.0677 e. The van der Waals surface area contributed by atoms with Gasteiger partial charge in [0.25, 0.3) is 0 Å². The Morgan fingerprint density at radius 3 is 2.33 bits per heavy atom. The minimum atomic E-state index is -0.325. The van der Waals surface area contributed by atoms with Crippen LogP contribution < -0.4 is 5.73 Å². The third-order valence-corrected chi connectivity index (χ3v) is 5.26. The molecule has 3 N–H and O–H groups in total. The number of aliphatic hydroxyl groups excluding tert-OH is 1. The third-order valence-electron chi connectivity index (χ3n) is 5.26. The highest BCUT2D eigenvalue weighted by molar-refractivity contribution is 5.31. The Morgan fingerprint density at radius 2 is 1.81 bits per heavy atom. The lowest BCUT2D eigenvalue weighted by Crippen LogP contribution is -2.41. The molecule has 1 fully saturated rings. The highest BCUT2D eigenvalue weighted by Crippen LogP contribution is 2.49. The summed E-state index contributed by atoms with van der Waals surface area (Å²) in [4.78, 5) is 0. The first-order valence-corrected chi connectivity index (χ1v) is 8.44. The molecule has 0 saturated heterocycles. The SMILES string of the molecule is Cc1ccccc1C(CN)C(O)C1(CC(C)C)CCCC1. The van der Waals surface area contributed by atoms with Gasteiger partial charge in [-0.3, -0.25) is 0 Å². The van der Waals surface area contributed by atoms with Gasteiger partial charge in [0, 0.05) is 12.5 Å². The molecule has 0 radical (unpaired) electrons. The molecule has 0 bridgehead atoms. The van der Waals surface area contributed by atoms with Crippen molar-refractivity contribution >= 4 is 0 Å². The summed E-state index contributed by atoms with van der Waals surface area (Å²) in [6.07, 6.45) is 5.57. The molecule has 2 rings (SSSR count). The molecule has 2 unspecified atom stereocenters. The molecule has 118 valence electrons. The summed E-state index contributed by atoms with van der Waals surface area (Å²) < 4.78 is 0. The van der Waals surface area contributed by atoms with Gasteiger partial charge in [0.2, 0.25) is 0 Å². The topological polar surface area (TPSA) is 46.2 Å². The molecule has 2 heteroatoms. The first-order valence-electron chi connectivity index (χ1n) is 8.44. The molecule has 0 heterocycles. The van der Waals surface area contributed by atoms with Crippen molar-refractivity contribution in [2.75, 3.05) is 6.54 Å². The standard InChI is InChI=1S/C19H31NO/c1-14(2)12-19(10-6-7-11-19)18(21)17(13-20)16-9-5-4-8-15(16)3/h4-5,8-9,14,17-18,21H,6-7,10-13,20H2,1-3H3. The molecule has 1 aliphatic carbocycles. The Bertz CT molecular complexity index is 449. The fraction of sp³-hybridized carbons (Fsp3) is 0.684. The average Bonchev–Trinajstić information content (AvgIpc) is 2.90. The second-order valence-corrected chi connectivity index (χ2v) is 7.31. The maximum atomic E-state index is 11.2. The number of rotatable bonds is 6. The van der Waals surface area contributed by atoms with E-state index < -0.39 is 0 Å². The van der Waals surface area contributed by atoms with Crippen LogP contribution in [0.3, 0.4) is 0 Å². The second kappa shape index (κ2) is 6.93. The van der Waals surface area contributed by atoms with Crippen LogP contribution >= 0.6 is 0 Å². The molecule has 1 saturated carbocycles. The van der Waals surface area contributed by atoms with Gasteiger partial charge in [-0.25, -0.2) is 0 Å². The van der Waals surface area contributed by atoms with E-state index in [9.17, 15) is 5.11 Å². The van der Waals surface area contributed by atoms with Crippen molar-refractivity contribution in [3.05, 3.63) is 35.4 Å². The van der Waals surface area contributed by atoms with Gasteiger partial charge in [-0.1, -0.05) is 51.0 Å². The fourth-order valence-electron chi connectivity index (χ4n) is 4.37. The van der Waals surface area contributed by atoms with Gasteiger partial charge >= 0.3 is 0 Å². The van der Waals surface area contributed by atoms with Crippen LogP contribution in [0.1, 0.15) is 63.0 Å². The molecule has 1 aromatic rings. The van der Waals surface area contributed by atoms with Crippen LogP contribution in [-0.4, -0.2) is 17.8 Å². The van der Waals surface area contributed by atoms with E-state index >= 15 is 0 Å². The van der Waals surface area contributed by atoms with Crippen LogP contribution in [0.15, 0.2) is 24.3 Å². The summed E-state index contributed by atoms with van der Waals surface area (Å²) in [5.41, 5.74) is 8.61. The van der Waals surface area contributed by atoms with Gasteiger partial charge in [0.1, 0.15) is 0 Å². The minimum Gasteiger partial charge on any atom is -0.392 e. The van der Waals surface area contributed by atoms with Crippen molar-refractivity contribution in [1.29, 1.82) is 0 Å². The molecule has 21 heavy (non-hydrogen) atoms. The van der Waals surface area contributed by atoms with Crippen LogP contribution in [0.5, 0.6) is 0 Å². The predicted octanol–water partition coefficient (Wildman–Crippen LogP) is 4.00. The van der Waals surface area contributed by atoms with E-state index in [1.54, 1.807) is 0 Å². The maximum absolute atomic E-state index is 11.2. The molecule has 0 amide bonds. The number of aliphatic hydroxyl groups is 1. The summed E-state index contributed by atoms with van der Waals surface area (Å²) in [6.45, 7) is 7.16. The largest absolute Gasteiger partial charge is 0.392 e. The highest BCUT2D eigenvalue weighted by atomic mass is 16.3. The van der Waals surface area contributed by atoms with Crippen molar-refractivity contribution in [2.24, 2.45) is 17.1 Å². The van der Waals surface area contributed by atoms with Gasteiger partial charge < -0.3 is 10.8 Å². The number of nitrogens with two attached hydrogens (primary N) is 1. The molecule has 0 aliphatic heterocycles. The van der Waals surface area contributed by atoms with Gasteiger partial charge in [-0.15, -0.1) is 0 Å². The van der Waals surface area contributed by atoms with Crippen molar-refractivity contribution in [2.45, 2.75) is 64.9 Å². The van der Waals surface area contributed by atoms with E-state index in [-0.39, 0.29) is 17.4 Å². The Kier molecular flexibility index (Phi) is 5.45. The lowest BCUT2D eigenvalue weighted by molar-refractivity contribution is -0.00516. The van der Waals surface area contributed by atoms with E-state index in [1.807, 2.05) is 0 Å². The Morgan fingerprint density at radius 1 is 1.19 bits per heavy atom. The average molecular weight is 289 g/mol. The molecule has 0 aromatic heterocycles. The highest BCUT2D eigenvalue weighted by Gasteiger charge is 2.44. The molecular weight excluding hydrogens is 258 g/mol. The molecule has 0 spiro atoms. The molecule has 1 aromatic carbocycles. The van der Waals surface area contributed by atoms with Crippen molar-refractivity contribution < 1.29 is 5.11 Å². The lowest BCUT2D eigenvalue weighted by Gasteiger charge is -2.40. The third kappa shape index (κ3) is 3.49. The van der Waals surface area contributed by atoms with Crippen LogP contribution in [0.2, 0.25) is 0 Å². The van der Waals surface area contributed by atoms with Crippen LogP contribution in [0.4, 0.5) is 0 Å². The lowest BCUT2D eigenvalue weighted by atomic mass is 9.68. The van der Waals surface area contributed by atoms with Gasteiger partial charge in [-0.2, -0.15) is 0 Å². The summed E-state index contributed by atoms with van der Waals surface area (Å²) in [6, 6.07) is 8.36. The van der Waals surface area contributed by atoms with Gasteiger partial charge in [0.05, 0.1) is 6.10 Å². The zero-order valence-corrected chi connectivity index (χ0v) is 13.8. The molecular formula is C19H31NO. The summed E-state index contributed by atoms with van der Waals surface area (Å²) >= 11 is 0. The van der Waals surface area contributed by atoms with Gasteiger partial charge in [-0.05, 0) is 48.6 Å². The zero-order chi connectivity index (χ0) is 15.5. The monoisotopic (exact) mass is 289 g/mol. The van der Waals surface area contributed by atoms with Crippen molar-refractivity contribution in [1.82, 2.24) is 0 Å². The van der Waals surface area contributed by atoms with E-state index in [2.05, 4.69) is 45.0 Å². The van der Waals surface area contributed by atoms with E-state index in [4.69, 9.17) is 5.73 Å². The van der Waals surface area contributed by atoms with Crippen molar-refractivity contribution in [3.63, 3.8) is 0 Å². The quantitative estimate of drug-likeness (QED) is 0.831. The van der Waals surface area contributed by atoms with Crippen LogP contribution in [-0.2, 0) is 0 Å². The van der Waals surface area contributed by atoms with Crippen LogP contribution in [0.25, 0.3) is 0 Å². The molecule has 1 aliphatic rings. The normalized spacial score (nSPS) is 20.7. The molecule has 2 atom stereocenters. The second-order valence-electron chi connectivity index (χ2n) is 7.31. The van der Waals surface area contributed by atoms with Crippen molar-refractivity contribution in [3.8, 4) is 0 Å².